The van der Waals surface area contributed by atoms with Crippen molar-refractivity contribution in [1.29, 1.82) is 0 Å². The number of carbonyl (C=O) groups is 1. The quantitative estimate of drug-likeness (QED) is 0.547. The van der Waals surface area contributed by atoms with Crippen LogP contribution in [0.2, 0.25) is 0 Å². The van der Waals surface area contributed by atoms with Crippen LogP contribution in [0, 0.1) is 5.82 Å². The number of anilines is 2. The predicted octanol–water partition coefficient (Wildman–Crippen LogP) is 5.05. The minimum Gasteiger partial charge on any atom is -0.487 e. The van der Waals surface area contributed by atoms with Gasteiger partial charge in [0.25, 0.3) is 0 Å². The first-order chi connectivity index (χ1) is 15.2. The van der Waals surface area contributed by atoms with Crippen LogP contribution in [0.25, 0.3) is 6.08 Å². The molecule has 2 heterocycles. The molecule has 1 N–H and O–H groups in total. The van der Waals surface area contributed by atoms with E-state index in [0.717, 1.165) is 42.9 Å². The number of halogens is 1. The molecule has 1 saturated heterocycles. The Morgan fingerprint density at radius 2 is 1.87 bits per heavy atom. The summed E-state index contributed by atoms with van der Waals surface area (Å²) in [4.78, 5) is 18.7. The molecule has 0 radical (unpaired) electrons. The second kappa shape index (κ2) is 9.89. The monoisotopic (exact) mass is 417 g/mol. The molecule has 1 aliphatic rings. The summed E-state index contributed by atoms with van der Waals surface area (Å²) in [6.07, 6.45) is 6.97. The van der Waals surface area contributed by atoms with E-state index in [2.05, 4.69) is 15.2 Å². The van der Waals surface area contributed by atoms with Crippen molar-refractivity contribution in [1.82, 2.24) is 4.98 Å². The van der Waals surface area contributed by atoms with E-state index in [9.17, 15) is 9.18 Å². The highest BCUT2D eigenvalue weighted by Crippen LogP contribution is 2.31. The molecule has 0 saturated carbocycles. The maximum atomic E-state index is 14.4. The van der Waals surface area contributed by atoms with E-state index >= 15 is 0 Å². The topological polar surface area (TPSA) is 54.5 Å². The summed E-state index contributed by atoms with van der Waals surface area (Å²) in [6, 6.07) is 17.9. The van der Waals surface area contributed by atoms with Crippen LogP contribution in [0.5, 0.6) is 5.75 Å². The number of nitrogens with zero attached hydrogens (tertiary/aromatic N) is 2. The normalized spacial score (nSPS) is 13.5. The van der Waals surface area contributed by atoms with Gasteiger partial charge >= 0.3 is 0 Å². The lowest BCUT2D eigenvalue weighted by atomic mass is 10.2. The Hall–Kier alpha value is -3.67. The Bertz CT molecular complexity index is 1050. The molecule has 158 valence electrons. The van der Waals surface area contributed by atoms with Crippen molar-refractivity contribution in [2.75, 3.05) is 23.3 Å². The number of hydrogen-bond donors (Lipinski definition) is 1. The number of aromatic nitrogens is 1. The summed E-state index contributed by atoms with van der Waals surface area (Å²) >= 11 is 0. The number of ether oxygens (including phenoxy) is 1. The van der Waals surface area contributed by atoms with Gasteiger partial charge in [0.05, 0.1) is 11.4 Å². The van der Waals surface area contributed by atoms with Crippen molar-refractivity contribution in [2.24, 2.45) is 0 Å². The Labute approximate surface area is 181 Å². The smallest absolute Gasteiger partial charge is 0.248 e. The van der Waals surface area contributed by atoms with Crippen molar-refractivity contribution in [3.05, 3.63) is 90.0 Å². The number of benzene rings is 2. The molecule has 0 aliphatic carbocycles. The number of hydrogen-bond acceptors (Lipinski definition) is 4. The third-order valence-electron chi connectivity index (χ3n) is 5.11. The number of carbonyl (C=O) groups excluding carboxylic acids is 1. The SMILES string of the molecule is O=C(/C=C/c1ccc(OCc2ccccn2)cc1)Nc1c(F)cccc1N1CCCC1. The third-order valence-corrected chi connectivity index (χ3v) is 5.11. The molecule has 0 bridgehead atoms. The van der Waals surface area contributed by atoms with Crippen molar-refractivity contribution in [3.8, 4) is 5.75 Å². The molecule has 2 aromatic carbocycles. The number of pyridine rings is 1. The van der Waals surface area contributed by atoms with E-state index < -0.39 is 5.82 Å². The molecule has 0 spiro atoms. The average Bonchev–Trinajstić information content (AvgIpc) is 3.34. The minimum absolute atomic E-state index is 0.234. The lowest BCUT2D eigenvalue weighted by Gasteiger charge is -2.21. The summed E-state index contributed by atoms with van der Waals surface area (Å²) in [6.45, 7) is 2.13. The van der Waals surface area contributed by atoms with Crippen LogP contribution in [0.1, 0.15) is 24.1 Å². The van der Waals surface area contributed by atoms with Crippen LogP contribution < -0.4 is 15.0 Å². The van der Waals surface area contributed by atoms with Crippen LogP contribution in [0.4, 0.5) is 15.8 Å². The second-order valence-electron chi connectivity index (χ2n) is 7.33. The highest BCUT2D eigenvalue weighted by molar-refractivity contribution is 6.04. The standard InChI is InChI=1S/C25H24FN3O2/c26-22-7-5-8-23(29-16-3-4-17-29)25(22)28-24(30)14-11-19-9-12-21(13-10-19)31-18-20-6-1-2-15-27-20/h1-2,5-15H,3-4,16-18H2,(H,28,30)/b14-11+. The van der Waals surface area contributed by atoms with Gasteiger partial charge in [-0.3, -0.25) is 9.78 Å². The third kappa shape index (κ3) is 5.48. The van der Waals surface area contributed by atoms with Crippen LogP contribution in [-0.4, -0.2) is 24.0 Å². The van der Waals surface area contributed by atoms with Crippen LogP contribution in [0.15, 0.2) is 72.9 Å². The lowest BCUT2D eigenvalue weighted by Crippen LogP contribution is -2.21. The van der Waals surface area contributed by atoms with Crippen LogP contribution in [0.3, 0.4) is 0 Å². The number of para-hydroxylation sites is 1. The average molecular weight is 417 g/mol. The zero-order valence-electron chi connectivity index (χ0n) is 17.1. The maximum Gasteiger partial charge on any atom is 0.248 e. The predicted molar refractivity (Wildman–Crippen MR) is 121 cm³/mol. The Kier molecular flexibility index (Phi) is 6.57. The van der Waals surface area contributed by atoms with Gasteiger partial charge in [0.15, 0.2) is 0 Å². The maximum absolute atomic E-state index is 14.4. The molecule has 5 nitrogen and oxygen atoms in total. The fraction of sp³-hybridized carbons (Fsp3) is 0.200. The highest BCUT2D eigenvalue weighted by atomic mass is 19.1. The lowest BCUT2D eigenvalue weighted by molar-refractivity contribution is -0.111. The molecular weight excluding hydrogens is 393 g/mol. The van der Waals surface area contributed by atoms with Crippen molar-refractivity contribution < 1.29 is 13.9 Å². The van der Waals surface area contributed by atoms with E-state index in [1.807, 2.05) is 48.5 Å². The minimum atomic E-state index is -0.430. The van der Waals surface area contributed by atoms with Gasteiger partial charge in [0.2, 0.25) is 5.91 Å². The summed E-state index contributed by atoms with van der Waals surface area (Å²) in [5.41, 5.74) is 2.66. The number of rotatable bonds is 7. The van der Waals surface area contributed by atoms with Crippen molar-refractivity contribution in [2.45, 2.75) is 19.4 Å². The largest absolute Gasteiger partial charge is 0.487 e. The molecule has 6 heteroatoms. The van der Waals surface area contributed by atoms with Crippen molar-refractivity contribution >= 4 is 23.4 Å². The molecule has 0 unspecified atom stereocenters. The summed E-state index contributed by atoms with van der Waals surface area (Å²) in [7, 11) is 0. The summed E-state index contributed by atoms with van der Waals surface area (Å²) < 4.78 is 20.1. The first-order valence-electron chi connectivity index (χ1n) is 10.3. The molecule has 4 rings (SSSR count). The van der Waals surface area contributed by atoms with Gasteiger partial charge in [0, 0.05) is 25.4 Å². The Morgan fingerprint density at radius 3 is 2.61 bits per heavy atom. The van der Waals surface area contributed by atoms with Gasteiger partial charge in [0.1, 0.15) is 23.9 Å². The summed E-state index contributed by atoms with van der Waals surface area (Å²) in [5, 5.41) is 2.70. The number of amides is 1. The molecule has 1 fully saturated rings. The molecule has 0 atom stereocenters. The highest BCUT2D eigenvalue weighted by Gasteiger charge is 2.19. The first-order valence-corrected chi connectivity index (χ1v) is 10.3. The first kappa shape index (κ1) is 20.6. The summed E-state index contributed by atoms with van der Waals surface area (Å²) in [5.74, 6) is -0.0875. The molecule has 3 aromatic rings. The van der Waals surface area contributed by atoms with Gasteiger partial charge in [-0.25, -0.2) is 4.39 Å². The van der Waals surface area contributed by atoms with Gasteiger partial charge in [-0.15, -0.1) is 0 Å². The molecule has 1 aliphatic heterocycles. The van der Waals surface area contributed by atoms with E-state index in [1.165, 1.54) is 12.1 Å². The van der Waals surface area contributed by atoms with Gasteiger partial charge in [-0.1, -0.05) is 24.3 Å². The van der Waals surface area contributed by atoms with Gasteiger partial charge < -0.3 is 15.0 Å². The molecular formula is C25H24FN3O2. The Morgan fingerprint density at radius 1 is 1.06 bits per heavy atom. The molecule has 31 heavy (non-hydrogen) atoms. The fourth-order valence-corrected chi connectivity index (χ4v) is 3.51. The van der Waals surface area contributed by atoms with Crippen molar-refractivity contribution in [3.63, 3.8) is 0 Å². The Balaban J connectivity index is 1.36. The van der Waals surface area contributed by atoms with E-state index in [1.54, 1.807) is 18.3 Å². The second-order valence-corrected chi connectivity index (χ2v) is 7.33. The van der Waals surface area contributed by atoms with Crippen LogP contribution in [-0.2, 0) is 11.4 Å². The molecule has 1 aromatic heterocycles. The number of nitrogens with one attached hydrogen (secondary N) is 1. The van der Waals surface area contributed by atoms with E-state index in [-0.39, 0.29) is 11.6 Å². The van der Waals surface area contributed by atoms with Crippen LogP contribution >= 0.6 is 0 Å². The zero-order chi connectivity index (χ0) is 21.5. The van der Waals surface area contributed by atoms with Gasteiger partial charge in [-0.2, -0.15) is 0 Å². The fourth-order valence-electron chi connectivity index (χ4n) is 3.51. The van der Waals surface area contributed by atoms with Gasteiger partial charge in [-0.05, 0) is 60.9 Å². The van der Waals surface area contributed by atoms with E-state index in [0.29, 0.717) is 12.4 Å². The molecule has 1 amide bonds. The zero-order valence-corrected chi connectivity index (χ0v) is 17.1. The van der Waals surface area contributed by atoms with E-state index in [4.69, 9.17) is 4.74 Å².